The minimum atomic E-state index is -0.00735. The lowest BCUT2D eigenvalue weighted by Gasteiger charge is -1.94. The molecule has 3 heteroatoms. The van der Waals surface area contributed by atoms with Crippen LogP contribution in [0.1, 0.15) is 15.4 Å². The molecule has 0 saturated heterocycles. The molecule has 2 aromatic carbocycles. The van der Waals surface area contributed by atoms with Crippen molar-refractivity contribution in [2.45, 2.75) is 0 Å². The second kappa shape index (κ2) is 6.29. The average Bonchev–Trinajstić information content (AvgIpc) is 3.03. The van der Waals surface area contributed by atoms with Crippen LogP contribution in [0.25, 0.3) is 17.3 Å². The SMILES string of the molecule is O=C(C=Cc1nc(-c2ccccc2)cs1)c1ccccc1. The van der Waals surface area contributed by atoms with Gasteiger partial charge in [0, 0.05) is 16.5 Å². The average molecular weight is 291 g/mol. The topological polar surface area (TPSA) is 30.0 Å². The number of benzene rings is 2. The van der Waals surface area contributed by atoms with Gasteiger partial charge in [0.25, 0.3) is 0 Å². The van der Waals surface area contributed by atoms with Crippen LogP contribution in [0.15, 0.2) is 72.1 Å². The van der Waals surface area contributed by atoms with Gasteiger partial charge in [-0.15, -0.1) is 11.3 Å². The zero-order chi connectivity index (χ0) is 14.5. The van der Waals surface area contributed by atoms with Gasteiger partial charge in [-0.25, -0.2) is 4.98 Å². The molecule has 3 aromatic rings. The van der Waals surface area contributed by atoms with Crippen molar-refractivity contribution >= 4 is 23.2 Å². The van der Waals surface area contributed by atoms with E-state index >= 15 is 0 Å². The normalized spacial score (nSPS) is 10.9. The Balaban J connectivity index is 1.76. The number of nitrogens with zero attached hydrogens (tertiary/aromatic N) is 1. The van der Waals surface area contributed by atoms with Crippen molar-refractivity contribution in [3.05, 3.63) is 82.7 Å². The molecule has 0 aliphatic heterocycles. The van der Waals surface area contributed by atoms with Crippen molar-refractivity contribution in [3.8, 4) is 11.3 Å². The molecule has 0 atom stereocenters. The van der Waals surface area contributed by atoms with Gasteiger partial charge >= 0.3 is 0 Å². The van der Waals surface area contributed by atoms with Gasteiger partial charge in [-0.2, -0.15) is 0 Å². The van der Waals surface area contributed by atoms with E-state index in [1.54, 1.807) is 12.2 Å². The smallest absolute Gasteiger partial charge is 0.185 e. The number of hydrogen-bond donors (Lipinski definition) is 0. The number of thiazole rings is 1. The van der Waals surface area contributed by atoms with Crippen LogP contribution in [-0.2, 0) is 0 Å². The summed E-state index contributed by atoms with van der Waals surface area (Å²) in [5, 5.41) is 2.83. The molecule has 0 unspecified atom stereocenters. The molecule has 0 radical (unpaired) electrons. The third-order valence-corrected chi connectivity index (χ3v) is 3.84. The summed E-state index contributed by atoms with van der Waals surface area (Å²) in [5.74, 6) is -0.00735. The van der Waals surface area contributed by atoms with Gasteiger partial charge in [-0.3, -0.25) is 4.79 Å². The second-order valence-electron chi connectivity index (χ2n) is 4.50. The van der Waals surface area contributed by atoms with Crippen LogP contribution in [0.2, 0.25) is 0 Å². The minimum Gasteiger partial charge on any atom is -0.289 e. The highest BCUT2D eigenvalue weighted by Crippen LogP contribution is 2.22. The van der Waals surface area contributed by atoms with Crippen LogP contribution in [0.5, 0.6) is 0 Å². The molecule has 0 aliphatic carbocycles. The molecule has 0 saturated carbocycles. The van der Waals surface area contributed by atoms with Crippen molar-refractivity contribution in [2.24, 2.45) is 0 Å². The Bertz CT molecular complexity index is 760. The van der Waals surface area contributed by atoms with Crippen LogP contribution >= 0.6 is 11.3 Å². The molecule has 3 rings (SSSR count). The monoisotopic (exact) mass is 291 g/mol. The molecule has 0 spiro atoms. The highest BCUT2D eigenvalue weighted by atomic mass is 32.1. The van der Waals surface area contributed by atoms with Crippen molar-refractivity contribution in [3.63, 3.8) is 0 Å². The molecule has 0 N–H and O–H groups in total. The maximum atomic E-state index is 12.0. The number of allylic oxidation sites excluding steroid dienone is 1. The van der Waals surface area contributed by atoms with Crippen LogP contribution < -0.4 is 0 Å². The summed E-state index contributed by atoms with van der Waals surface area (Å²) >= 11 is 1.53. The summed E-state index contributed by atoms with van der Waals surface area (Å²) in [7, 11) is 0. The van der Waals surface area contributed by atoms with Crippen molar-refractivity contribution in [2.75, 3.05) is 0 Å². The summed E-state index contributed by atoms with van der Waals surface area (Å²) in [4.78, 5) is 16.5. The third-order valence-electron chi connectivity index (χ3n) is 3.03. The van der Waals surface area contributed by atoms with E-state index in [0.29, 0.717) is 5.56 Å². The first kappa shape index (κ1) is 13.5. The highest BCUT2D eigenvalue weighted by molar-refractivity contribution is 7.10. The molecule has 0 bridgehead atoms. The van der Waals surface area contributed by atoms with Gasteiger partial charge in [0.2, 0.25) is 0 Å². The number of ketones is 1. The quantitative estimate of drug-likeness (QED) is 0.515. The Morgan fingerprint density at radius 3 is 2.33 bits per heavy atom. The molecule has 1 aromatic heterocycles. The Hall–Kier alpha value is -2.52. The predicted octanol–water partition coefficient (Wildman–Crippen LogP) is 4.71. The maximum absolute atomic E-state index is 12.0. The maximum Gasteiger partial charge on any atom is 0.185 e. The zero-order valence-electron chi connectivity index (χ0n) is 11.3. The Morgan fingerprint density at radius 1 is 0.952 bits per heavy atom. The first-order chi connectivity index (χ1) is 10.3. The van der Waals surface area contributed by atoms with Crippen molar-refractivity contribution < 1.29 is 4.79 Å². The van der Waals surface area contributed by atoms with Crippen molar-refractivity contribution in [1.82, 2.24) is 4.98 Å². The molecule has 21 heavy (non-hydrogen) atoms. The number of hydrogen-bond acceptors (Lipinski definition) is 3. The van der Waals surface area contributed by atoms with E-state index in [1.807, 2.05) is 66.0 Å². The van der Waals surface area contributed by atoms with E-state index in [0.717, 1.165) is 16.3 Å². The Labute approximate surface area is 127 Å². The third kappa shape index (κ3) is 3.33. The van der Waals surface area contributed by atoms with Gasteiger partial charge < -0.3 is 0 Å². The van der Waals surface area contributed by atoms with Crippen molar-refractivity contribution in [1.29, 1.82) is 0 Å². The standard InChI is InChI=1S/C18H13NOS/c20-17(15-9-5-2-6-10-15)11-12-18-19-16(13-21-18)14-7-3-1-4-8-14/h1-13H. The number of carbonyl (C=O) groups excluding carboxylic acids is 1. The Morgan fingerprint density at radius 2 is 1.62 bits per heavy atom. The van der Waals surface area contributed by atoms with E-state index in [9.17, 15) is 4.79 Å². The number of rotatable bonds is 4. The van der Waals surface area contributed by atoms with Gasteiger partial charge in [-0.1, -0.05) is 60.7 Å². The predicted molar refractivity (Wildman–Crippen MR) is 87.4 cm³/mol. The first-order valence-corrected chi connectivity index (χ1v) is 7.49. The molecular formula is C18H13NOS. The fourth-order valence-corrected chi connectivity index (χ4v) is 2.67. The minimum absolute atomic E-state index is 0.00735. The second-order valence-corrected chi connectivity index (χ2v) is 5.39. The molecule has 0 fully saturated rings. The van der Waals surface area contributed by atoms with Crippen LogP contribution in [-0.4, -0.2) is 10.8 Å². The van der Waals surface area contributed by atoms with E-state index in [2.05, 4.69) is 4.98 Å². The molecule has 0 amide bonds. The molecule has 102 valence electrons. The lowest BCUT2D eigenvalue weighted by molar-refractivity contribution is 0.104. The zero-order valence-corrected chi connectivity index (χ0v) is 12.1. The van der Waals surface area contributed by atoms with Crippen LogP contribution in [0.3, 0.4) is 0 Å². The summed E-state index contributed by atoms with van der Waals surface area (Å²) in [6, 6.07) is 19.2. The Kier molecular flexibility index (Phi) is 4.03. The summed E-state index contributed by atoms with van der Waals surface area (Å²) in [5.41, 5.74) is 2.71. The molecular weight excluding hydrogens is 278 g/mol. The number of carbonyl (C=O) groups is 1. The van der Waals surface area contributed by atoms with E-state index in [1.165, 1.54) is 11.3 Å². The molecule has 2 nitrogen and oxygen atoms in total. The van der Waals surface area contributed by atoms with Crippen LogP contribution in [0.4, 0.5) is 0 Å². The summed E-state index contributed by atoms with van der Waals surface area (Å²) < 4.78 is 0. The van der Waals surface area contributed by atoms with E-state index in [-0.39, 0.29) is 5.78 Å². The van der Waals surface area contributed by atoms with E-state index in [4.69, 9.17) is 0 Å². The number of aromatic nitrogens is 1. The van der Waals surface area contributed by atoms with Gasteiger partial charge in [0.1, 0.15) is 5.01 Å². The van der Waals surface area contributed by atoms with Gasteiger partial charge in [0.05, 0.1) is 5.69 Å². The highest BCUT2D eigenvalue weighted by Gasteiger charge is 2.03. The lowest BCUT2D eigenvalue weighted by Crippen LogP contribution is -1.92. The molecule has 0 aliphatic rings. The van der Waals surface area contributed by atoms with E-state index < -0.39 is 0 Å². The van der Waals surface area contributed by atoms with Crippen LogP contribution in [0, 0.1) is 0 Å². The van der Waals surface area contributed by atoms with Gasteiger partial charge in [0.15, 0.2) is 5.78 Å². The molecule has 1 heterocycles. The fraction of sp³-hybridized carbons (Fsp3) is 0. The lowest BCUT2D eigenvalue weighted by atomic mass is 10.1. The fourth-order valence-electron chi connectivity index (χ4n) is 1.95. The largest absolute Gasteiger partial charge is 0.289 e. The summed E-state index contributed by atoms with van der Waals surface area (Å²) in [6.07, 6.45) is 3.34. The van der Waals surface area contributed by atoms with Gasteiger partial charge in [-0.05, 0) is 12.2 Å². The summed E-state index contributed by atoms with van der Waals surface area (Å²) in [6.45, 7) is 0. The first-order valence-electron chi connectivity index (χ1n) is 6.61.